The van der Waals surface area contributed by atoms with E-state index in [1.165, 1.54) is 6.92 Å². The van der Waals surface area contributed by atoms with Gasteiger partial charge in [0.15, 0.2) is 5.78 Å². The highest BCUT2D eigenvalue weighted by Gasteiger charge is 2.20. The van der Waals surface area contributed by atoms with Crippen molar-refractivity contribution in [1.82, 2.24) is 14.8 Å². The summed E-state index contributed by atoms with van der Waals surface area (Å²) < 4.78 is 1.03. The van der Waals surface area contributed by atoms with Gasteiger partial charge in [0.25, 0.3) is 5.56 Å². The minimum Gasteiger partial charge on any atom is -0.394 e. The zero-order valence-electron chi connectivity index (χ0n) is 10.9. The van der Waals surface area contributed by atoms with Crippen LogP contribution < -0.4 is 11.3 Å². The third-order valence-electron chi connectivity index (χ3n) is 2.76. The van der Waals surface area contributed by atoms with Crippen molar-refractivity contribution >= 4 is 11.5 Å². The summed E-state index contributed by atoms with van der Waals surface area (Å²) in [6, 6.07) is 5.14. The zero-order chi connectivity index (χ0) is 14.7. The standard InChI is InChI=1S/C13H14N4O3/c1-8(19)10-11(14)13(20)17(6-7-18)16-12(10)9-4-2-3-5-15-9/h2-5,18H,6-7,14H2,1H3. The lowest BCUT2D eigenvalue weighted by Gasteiger charge is -2.11. The van der Waals surface area contributed by atoms with Crippen molar-refractivity contribution in [2.75, 3.05) is 12.3 Å². The SMILES string of the molecule is CC(=O)c1c(-c2ccccn2)nn(CCO)c(=O)c1N. The van der Waals surface area contributed by atoms with Gasteiger partial charge in [-0.3, -0.25) is 14.6 Å². The van der Waals surface area contributed by atoms with Crippen LogP contribution >= 0.6 is 0 Å². The molecular weight excluding hydrogens is 260 g/mol. The number of nitrogen functional groups attached to an aromatic ring is 1. The van der Waals surface area contributed by atoms with Gasteiger partial charge in [-0.15, -0.1) is 0 Å². The molecule has 2 aromatic rings. The molecule has 0 fully saturated rings. The minimum absolute atomic E-state index is 0.00104. The van der Waals surface area contributed by atoms with Crippen molar-refractivity contribution in [3.05, 3.63) is 40.3 Å². The van der Waals surface area contributed by atoms with Crippen LogP contribution in [0.3, 0.4) is 0 Å². The number of nitrogens with zero attached hydrogens (tertiary/aromatic N) is 3. The Morgan fingerprint density at radius 2 is 2.20 bits per heavy atom. The first-order valence-corrected chi connectivity index (χ1v) is 6.00. The maximum atomic E-state index is 12.0. The summed E-state index contributed by atoms with van der Waals surface area (Å²) in [5.41, 5.74) is 5.72. The molecule has 0 bridgehead atoms. The van der Waals surface area contributed by atoms with E-state index in [9.17, 15) is 9.59 Å². The Morgan fingerprint density at radius 3 is 2.75 bits per heavy atom. The molecule has 104 valence electrons. The van der Waals surface area contributed by atoms with Crippen molar-refractivity contribution < 1.29 is 9.90 Å². The highest BCUT2D eigenvalue weighted by molar-refractivity contribution is 6.03. The van der Waals surface area contributed by atoms with Crippen LogP contribution in [-0.2, 0) is 6.54 Å². The summed E-state index contributed by atoms with van der Waals surface area (Å²) in [6.07, 6.45) is 1.55. The second-order valence-corrected chi connectivity index (χ2v) is 4.16. The Kier molecular flexibility index (Phi) is 3.90. The molecule has 0 atom stereocenters. The van der Waals surface area contributed by atoms with Gasteiger partial charge in [0.05, 0.1) is 24.4 Å². The quantitative estimate of drug-likeness (QED) is 0.764. The Balaban J connectivity index is 2.77. The van der Waals surface area contributed by atoms with Gasteiger partial charge < -0.3 is 10.8 Å². The first-order chi connectivity index (χ1) is 9.56. The van der Waals surface area contributed by atoms with E-state index in [0.717, 1.165) is 4.68 Å². The Labute approximate surface area is 114 Å². The molecule has 0 saturated heterocycles. The van der Waals surface area contributed by atoms with Crippen LogP contribution in [0.5, 0.6) is 0 Å². The maximum absolute atomic E-state index is 12.0. The van der Waals surface area contributed by atoms with Crippen LogP contribution in [0.2, 0.25) is 0 Å². The topological polar surface area (TPSA) is 111 Å². The molecule has 0 aliphatic rings. The molecule has 0 aromatic carbocycles. The monoisotopic (exact) mass is 274 g/mol. The molecule has 0 spiro atoms. The lowest BCUT2D eigenvalue weighted by molar-refractivity contribution is 0.101. The first-order valence-electron chi connectivity index (χ1n) is 6.00. The highest BCUT2D eigenvalue weighted by Crippen LogP contribution is 2.21. The van der Waals surface area contributed by atoms with Crippen molar-refractivity contribution in [2.45, 2.75) is 13.5 Å². The average Bonchev–Trinajstić information content (AvgIpc) is 2.44. The van der Waals surface area contributed by atoms with Gasteiger partial charge in [0, 0.05) is 6.20 Å². The lowest BCUT2D eigenvalue weighted by atomic mass is 10.1. The van der Waals surface area contributed by atoms with Gasteiger partial charge in [-0.1, -0.05) is 6.07 Å². The molecule has 0 unspecified atom stereocenters. The molecule has 0 amide bonds. The molecule has 2 heterocycles. The van der Waals surface area contributed by atoms with Crippen molar-refractivity contribution in [3.63, 3.8) is 0 Å². The molecular formula is C13H14N4O3. The number of aliphatic hydroxyl groups excluding tert-OH is 1. The largest absolute Gasteiger partial charge is 0.394 e. The smallest absolute Gasteiger partial charge is 0.290 e. The molecule has 3 N–H and O–H groups in total. The maximum Gasteiger partial charge on any atom is 0.290 e. The number of ketones is 1. The highest BCUT2D eigenvalue weighted by atomic mass is 16.3. The number of hydrogen-bond acceptors (Lipinski definition) is 6. The fraction of sp³-hybridized carbons (Fsp3) is 0.231. The fourth-order valence-corrected chi connectivity index (χ4v) is 1.87. The predicted molar refractivity (Wildman–Crippen MR) is 73.2 cm³/mol. The molecule has 2 aromatic heterocycles. The van der Waals surface area contributed by atoms with Crippen molar-refractivity contribution in [2.24, 2.45) is 0 Å². The number of rotatable bonds is 4. The Morgan fingerprint density at radius 1 is 1.45 bits per heavy atom. The van der Waals surface area contributed by atoms with Crippen LogP contribution in [0.1, 0.15) is 17.3 Å². The third-order valence-corrected chi connectivity index (χ3v) is 2.76. The van der Waals surface area contributed by atoms with Gasteiger partial charge in [0.2, 0.25) is 0 Å². The summed E-state index contributed by atoms with van der Waals surface area (Å²) in [7, 11) is 0. The fourth-order valence-electron chi connectivity index (χ4n) is 1.87. The van der Waals surface area contributed by atoms with E-state index in [-0.39, 0.29) is 35.9 Å². The Hall–Kier alpha value is -2.54. The Bertz CT molecular complexity index is 695. The molecule has 7 heteroatoms. The van der Waals surface area contributed by atoms with Gasteiger partial charge >= 0.3 is 0 Å². The lowest BCUT2D eigenvalue weighted by Crippen LogP contribution is -2.30. The van der Waals surface area contributed by atoms with E-state index < -0.39 is 5.56 Å². The summed E-state index contributed by atoms with van der Waals surface area (Å²) in [5.74, 6) is -0.357. The molecule has 0 aliphatic heterocycles. The number of anilines is 1. The minimum atomic E-state index is -0.594. The number of nitrogens with two attached hydrogens (primary N) is 1. The van der Waals surface area contributed by atoms with Gasteiger partial charge in [-0.25, -0.2) is 4.68 Å². The average molecular weight is 274 g/mol. The van der Waals surface area contributed by atoms with E-state index in [1.54, 1.807) is 24.4 Å². The number of hydrogen-bond donors (Lipinski definition) is 2. The molecule has 0 saturated carbocycles. The van der Waals surface area contributed by atoms with Crippen LogP contribution in [0.4, 0.5) is 5.69 Å². The number of carbonyl (C=O) groups is 1. The van der Waals surface area contributed by atoms with E-state index in [2.05, 4.69) is 10.1 Å². The molecule has 7 nitrogen and oxygen atoms in total. The summed E-state index contributed by atoms with van der Waals surface area (Å²) in [6.45, 7) is 1.06. The van der Waals surface area contributed by atoms with E-state index in [0.29, 0.717) is 5.69 Å². The summed E-state index contributed by atoms with van der Waals surface area (Å²) >= 11 is 0. The van der Waals surface area contributed by atoms with Crippen molar-refractivity contribution in [3.8, 4) is 11.4 Å². The number of pyridine rings is 1. The van der Waals surface area contributed by atoms with E-state index >= 15 is 0 Å². The van der Waals surface area contributed by atoms with Crippen LogP contribution in [0, 0.1) is 0 Å². The zero-order valence-corrected chi connectivity index (χ0v) is 10.9. The van der Waals surface area contributed by atoms with Crippen molar-refractivity contribution in [1.29, 1.82) is 0 Å². The second kappa shape index (κ2) is 5.62. The number of carbonyl (C=O) groups excluding carboxylic acids is 1. The van der Waals surface area contributed by atoms with E-state index in [1.807, 2.05) is 0 Å². The number of aromatic nitrogens is 3. The van der Waals surface area contributed by atoms with Crippen LogP contribution in [0.15, 0.2) is 29.2 Å². The van der Waals surface area contributed by atoms with Crippen LogP contribution in [-0.4, -0.2) is 32.3 Å². The molecule has 2 rings (SSSR count). The summed E-state index contributed by atoms with van der Waals surface area (Å²) in [4.78, 5) is 27.8. The normalized spacial score (nSPS) is 10.5. The summed E-state index contributed by atoms with van der Waals surface area (Å²) in [5, 5.41) is 13.0. The first kappa shape index (κ1) is 13.9. The third kappa shape index (κ3) is 2.43. The van der Waals surface area contributed by atoms with E-state index in [4.69, 9.17) is 10.8 Å². The van der Waals surface area contributed by atoms with Gasteiger partial charge in [-0.2, -0.15) is 5.10 Å². The second-order valence-electron chi connectivity index (χ2n) is 4.16. The van der Waals surface area contributed by atoms with Gasteiger partial charge in [0.1, 0.15) is 11.4 Å². The number of Topliss-reactive ketones (excluding diaryl/α,β-unsaturated/α-hetero) is 1. The molecule has 0 aliphatic carbocycles. The number of aliphatic hydroxyl groups is 1. The van der Waals surface area contributed by atoms with Gasteiger partial charge in [-0.05, 0) is 19.1 Å². The molecule has 0 radical (unpaired) electrons. The predicted octanol–water partition coefficient (Wildman–Crippen LogP) is 0.0824. The van der Waals surface area contributed by atoms with Crippen LogP contribution in [0.25, 0.3) is 11.4 Å². The molecule has 20 heavy (non-hydrogen) atoms.